The molecule has 96 valence electrons. The lowest BCUT2D eigenvalue weighted by molar-refractivity contribution is 0.103. The molecule has 1 fully saturated rings. The van der Waals surface area contributed by atoms with Gasteiger partial charge in [-0.15, -0.1) is 0 Å². The zero-order chi connectivity index (χ0) is 12.1. The lowest BCUT2D eigenvalue weighted by Crippen LogP contribution is -2.09. The minimum Gasteiger partial charge on any atom is -0.382 e. The second-order valence-corrected chi connectivity index (χ2v) is 4.72. The monoisotopic (exact) mass is 237 g/mol. The first-order chi connectivity index (χ1) is 8.29. The highest BCUT2D eigenvalue weighted by Gasteiger charge is 2.14. The fourth-order valence-corrected chi connectivity index (χ4v) is 2.37. The Hall–Kier alpha value is -1.03. The molecular weight excluding hydrogens is 214 g/mol. The first-order valence-corrected chi connectivity index (χ1v) is 6.67. The molecule has 2 heterocycles. The lowest BCUT2D eigenvalue weighted by atomic mass is 10.1. The van der Waals surface area contributed by atoms with Crippen molar-refractivity contribution in [2.24, 2.45) is 7.05 Å². The smallest absolute Gasteiger partial charge is 0.0853 e. The van der Waals surface area contributed by atoms with Crippen LogP contribution in [-0.2, 0) is 18.2 Å². The van der Waals surface area contributed by atoms with Gasteiger partial charge in [0.15, 0.2) is 0 Å². The first kappa shape index (κ1) is 12.4. The second-order valence-electron chi connectivity index (χ2n) is 4.72. The molecule has 0 spiro atoms. The summed E-state index contributed by atoms with van der Waals surface area (Å²) in [4.78, 5) is 0. The van der Waals surface area contributed by atoms with Gasteiger partial charge in [-0.3, -0.25) is 4.68 Å². The standard InChI is InChI=1S/C13H23N3O/c1-3-12-13(10-16(2)15-12)14-8-4-6-11-7-5-9-17-11/h10-11,14H,3-9H2,1-2H3. The van der Waals surface area contributed by atoms with Crippen molar-refractivity contribution < 1.29 is 4.74 Å². The Balaban J connectivity index is 1.70. The van der Waals surface area contributed by atoms with Crippen LogP contribution >= 0.6 is 0 Å². The Kier molecular flexibility index (Phi) is 4.42. The van der Waals surface area contributed by atoms with Gasteiger partial charge in [-0.25, -0.2) is 0 Å². The van der Waals surface area contributed by atoms with Crippen LogP contribution in [0.4, 0.5) is 5.69 Å². The number of nitrogens with zero attached hydrogens (tertiary/aromatic N) is 2. The van der Waals surface area contributed by atoms with Crippen molar-refractivity contribution in [3.8, 4) is 0 Å². The summed E-state index contributed by atoms with van der Waals surface area (Å²) in [5.74, 6) is 0. The van der Waals surface area contributed by atoms with E-state index in [4.69, 9.17) is 4.74 Å². The fraction of sp³-hybridized carbons (Fsp3) is 0.769. The van der Waals surface area contributed by atoms with E-state index in [0.717, 1.165) is 25.3 Å². The molecule has 1 aromatic rings. The van der Waals surface area contributed by atoms with E-state index in [1.54, 1.807) is 0 Å². The van der Waals surface area contributed by atoms with Crippen molar-refractivity contribution >= 4 is 5.69 Å². The van der Waals surface area contributed by atoms with E-state index >= 15 is 0 Å². The zero-order valence-electron chi connectivity index (χ0n) is 10.9. The minimum atomic E-state index is 0.511. The predicted octanol–water partition coefficient (Wildman–Crippen LogP) is 2.35. The number of hydrogen-bond donors (Lipinski definition) is 1. The van der Waals surface area contributed by atoms with E-state index in [0.29, 0.717) is 6.10 Å². The van der Waals surface area contributed by atoms with Gasteiger partial charge in [0.1, 0.15) is 0 Å². The number of hydrogen-bond acceptors (Lipinski definition) is 3. The van der Waals surface area contributed by atoms with Gasteiger partial charge >= 0.3 is 0 Å². The van der Waals surface area contributed by atoms with Crippen molar-refractivity contribution in [1.29, 1.82) is 0 Å². The summed E-state index contributed by atoms with van der Waals surface area (Å²) in [5.41, 5.74) is 2.34. The Bertz CT molecular complexity index is 342. The summed E-state index contributed by atoms with van der Waals surface area (Å²) in [7, 11) is 1.97. The van der Waals surface area contributed by atoms with Gasteiger partial charge in [0.05, 0.1) is 17.5 Å². The number of aromatic nitrogens is 2. The van der Waals surface area contributed by atoms with Crippen LogP contribution in [0.25, 0.3) is 0 Å². The minimum absolute atomic E-state index is 0.511. The van der Waals surface area contributed by atoms with Crippen LogP contribution in [-0.4, -0.2) is 29.0 Å². The Labute approximate surface area is 103 Å². The Morgan fingerprint density at radius 3 is 3.18 bits per heavy atom. The molecule has 2 rings (SSSR count). The number of nitrogens with one attached hydrogen (secondary N) is 1. The maximum absolute atomic E-state index is 5.61. The molecule has 1 aliphatic heterocycles. The van der Waals surface area contributed by atoms with Gasteiger partial charge in [0.25, 0.3) is 0 Å². The SMILES string of the molecule is CCc1nn(C)cc1NCCCC1CCCO1. The van der Waals surface area contributed by atoms with E-state index in [9.17, 15) is 0 Å². The number of ether oxygens (including phenoxy) is 1. The van der Waals surface area contributed by atoms with Crippen LogP contribution in [0.5, 0.6) is 0 Å². The summed E-state index contributed by atoms with van der Waals surface area (Å²) in [5, 5.41) is 7.88. The van der Waals surface area contributed by atoms with Crippen molar-refractivity contribution in [2.45, 2.75) is 45.1 Å². The molecule has 0 aromatic carbocycles. The van der Waals surface area contributed by atoms with Crippen LogP contribution < -0.4 is 5.32 Å². The third kappa shape index (κ3) is 3.46. The molecule has 1 saturated heterocycles. The van der Waals surface area contributed by atoms with E-state index in [1.165, 1.54) is 31.4 Å². The van der Waals surface area contributed by atoms with Crippen molar-refractivity contribution in [1.82, 2.24) is 9.78 Å². The lowest BCUT2D eigenvalue weighted by Gasteiger charge is -2.09. The molecule has 0 radical (unpaired) electrons. The summed E-state index contributed by atoms with van der Waals surface area (Å²) >= 11 is 0. The highest BCUT2D eigenvalue weighted by atomic mass is 16.5. The maximum atomic E-state index is 5.61. The number of aryl methyl sites for hydroxylation is 2. The molecule has 17 heavy (non-hydrogen) atoms. The Morgan fingerprint density at radius 1 is 1.59 bits per heavy atom. The average Bonchev–Trinajstić information content (AvgIpc) is 2.93. The van der Waals surface area contributed by atoms with Gasteiger partial charge in [-0.1, -0.05) is 6.92 Å². The molecule has 1 atom stereocenters. The third-order valence-electron chi connectivity index (χ3n) is 3.28. The van der Waals surface area contributed by atoms with Crippen molar-refractivity contribution in [2.75, 3.05) is 18.5 Å². The summed E-state index contributed by atoms with van der Waals surface area (Å²) in [6.07, 6.45) is 8.38. The molecule has 1 aliphatic rings. The topological polar surface area (TPSA) is 39.1 Å². The molecule has 0 amide bonds. The fourth-order valence-electron chi connectivity index (χ4n) is 2.37. The van der Waals surface area contributed by atoms with E-state index in [-0.39, 0.29) is 0 Å². The zero-order valence-corrected chi connectivity index (χ0v) is 10.9. The van der Waals surface area contributed by atoms with E-state index in [2.05, 4.69) is 23.5 Å². The van der Waals surface area contributed by atoms with Gasteiger partial charge < -0.3 is 10.1 Å². The molecule has 0 bridgehead atoms. The molecule has 4 nitrogen and oxygen atoms in total. The highest BCUT2D eigenvalue weighted by molar-refractivity contribution is 5.46. The predicted molar refractivity (Wildman–Crippen MR) is 69.3 cm³/mol. The summed E-state index contributed by atoms with van der Waals surface area (Å²) in [6, 6.07) is 0. The van der Waals surface area contributed by atoms with Crippen LogP contribution in [0.1, 0.15) is 38.3 Å². The Morgan fingerprint density at radius 2 is 2.47 bits per heavy atom. The van der Waals surface area contributed by atoms with Crippen LogP contribution in [0, 0.1) is 0 Å². The average molecular weight is 237 g/mol. The quantitative estimate of drug-likeness (QED) is 0.772. The summed E-state index contributed by atoms with van der Waals surface area (Å²) in [6.45, 7) is 4.11. The third-order valence-corrected chi connectivity index (χ3v) is 3.28. The van der Waals surface area contributed by atoms with Gasteiger partial charge in [0.2, 0.25) is 0 Å². The van der Waals surface area contributed by atoms with E-state index < -0.39 is 0 Å². The number of anilines is 1. The summed E-state index contributed by atoms with van der Waals surface area (Å²) < 4.78 is 7.49. The second kappa shape index (κ2) is 6.05. The molecular formula is C13H23N3O. The van der Waals surface area contributed by atoms with Crippen LogP contribution in [0.2, 0.25) is 0 Å². The van der Waals surface area contributed by atoms with Crippen LogP contribution in [0.15, 0.2) is 6.20 Å². The molecule has 4 heteroatoms. The highest BCUT2D eigenvalue weighted by Crippen LogP contribution is 2.18. The van der Waals surface area contributed by atoms with Crippen molar-refractivity contribution in [3.05, 3.63) is 11.9 Å². The molecule has 1 unspecified atom stereocenters. The first-order valence-electron chi connectivity index (χ1n) is 6.67. The van der Waals surface area contributed by atoms with Gasteiger partial charge in [-0.05, 0) is 32.1 Å². The van der Waals surface area contributed by atoms with Crippen LogP contribution in [0.3, 0.4) is 0 Å². The normalized spacial score (nSPS) is 19.8. The number of rotatable bonds is 6. The molecule has 0 aliphatic carbocycles. The van der Waals surface area contributed by atoms with E-state index in [1.807, 2.05) is 11.7 Å². The molecule has 1 N–H and O–H groups in total. The maximum Gasteiger partial charge on any atom is 0.0853 e. The van der Waals surface area contributed by atoms with Gasteiger partial charge in [0, 0.05) is 26.4 Å². The molecule has 1 aromatic heterocycles. The van der Waals surface area contributed by atoms with Crippen molar-refractivity contribution in [3.63, 3.8) is 0 Å². The van der Waals surface area contributed by atoms with Gasteiger partial charge in [-0.2, -0.15) is 5.10 Å². The largest absolute Gasteiger partial charge is 0.382 e. The molecule has 0 saturated carbocycles.